The van der Waals surface area contributed by atoms with Crippen LogP contribution in [0.15, 0.2) is 0 Å². The van der Waals surface area contributed by atoms with Crippen LogP contribution in [-0.2, 0) is 4.79 Å². The summed E-state index contributed by atoms with van der Waals surface area (Å²) in [6.07, 6.45) is 2.54. The maximum Gasteiger partial charge on any atom is 0.324 e. The highest BCUT2D eigenvalue weighted by Crippen LogP contribution is 2.24. The zero-order valence-electron chi connectivity index (χ0n) is 10.7. The highest BCUT2D eigenvalue weighted by molar-refractivity contribution is 6.19. The van der Waals surface area contributed by atoms with Crippen molar-refractivity contribution in [2.75, 3.05) is 25.5 Å². The minimum atomic E-state index is -0.295. The molecule has 5 nitrogen and oxygen atoms in total. The van der Waals surface area contributed by atoms with Crippen molar-refractivity contribution in [3.05, 3.63) is 0 Å². The van der Waals surface area contributed by atoms with Crippen molar-refractivity contribution in [1.29, 1.82) is 0 Å². The third-order valence-electron chi connectivity index (χ3n) is 3.77. The molecule has 2 unspecified atom stereocenters. The second kappa shape index (κ2) is 5.89. The van der Waals surface area contributed by atoms with Gasteiger partial charge in [0.25, 0.3) is 0 Å². The first-order valence-corrected chi connectivity index (χ1v) is 7.05. The fraction of sp³-hybridized carbons (Fsp3) is 0.833. The molecule has 0 bridgehead atoms. The number of rotatable bonds is 2. The molecule has 0 saturated carbocycles. The molecule has 2 aliphatic heterocycles. The van der Waals surface area contributed by atoms with Crippen molar-refractivity contribution in [3.63, 3.8) is 0 Å². The van der Waals surface area contributed by atoms with E-state index in [4.69, 9.17) is 11.6 Å². The number of urea groups is 1. The highest BCUT2D eigenvalue weighted by Gasteiger charge is 2.36. The first-order valence-electron chi connectivity index (χ1n) is 6.52. The fourth-order valence-corrected chi connectivity index (χ4v) is 2.98. The number of alkyl halides is 1. The normalized spacial score (nSPS) is 28.0. The minimum Gasteiger partial charge on any atom is -0.319 e. The number of carbonyl (C=O) groups is 2. The maximum absolute atomic E-state index is 12.0. The lowest BCUT2D eigenvalue weighted by molar-refractivity contribution is -0.119. The molecule has 0 aliphatic carbocycles. The lowest BCUT2D eigenvalue weighted by Crippen LogP contribution is -2.59. The van der Waals surface area contributed by atoms with Gasteiger partial charge in [-0.25, -0.2) is 4.79 Å². The largest absolute Gasteiger partial charge is 0.324 e. The van der Waals surface area contributed by atoms with Crippen LogP contribution in [-0.4, -0.2) is 59.3 Å². The number of amides is 3. The average Bonchev–Trinajstić information content (AvgIpc) is 2.74. The second-order valence-corrected chi connectivity index (χ2v) is 5.46. The lowest BCUT2D eigenvalue weighted by Gasteiger charge is -2.42. The van der Waals surface area contributed by atoms with Gasteiger partial charge in [0, 0.05) is 37.5 Å². The summed E-state index contributed by atoms with van der Waals surface area (Å²) in [5, 5.41) is 2.41. The topological polar surface area (TPSA) is 52.6 Å². The van der Waals surface area contributed by atoms with Gasteiger partial charge < -0.3 is 4.90 Å². The maximum atomic E-state index is 12.0. The number of nitrogens with zero attached hydrogens (tertiary/aromatic N) is 2. The van der Waals surface area contributed by atoms with Crippen LogP contribution in [0.25, 0.3) is 0 Å². The van der Waals surface area contributed by atoms with Crippen molar-refractivity contribution in [1.82, 2.24) is 15.1 Å². The summed E-state index contributed by atoms with van der Waals surface area (Å²) in [4.78, 5) is 27.6. The molecule has 2 saturated heterocycles. The molecule has 2 aliphatic rings. The summed E-state index contributed by atoms with van der Waals surface area (Å²) in [6.45, 7) is 4.79. The molecule has 6 heteroatoms. The van der Waals surface area contributed by atoms with E-state index >= 15 is 0 Å². The highest BCUT2D eigenvalue weighted by atomic mass is 35.5. The molecule has 2 atom stereocenters. The Morgan fingerprint density at radius 3 is 2.89 bits per heavy atom. The van der Waals surface area contributed by atoms with Crippen LogP contribution in [0.5, 0.6) is 0 Å². The zero-order valence-corrected chi connectivity index (χ0v) is 11.4. The molecule has 0 aromatic heterocycles. The molecule has 0 aromatic carbocycles. The van der Waals surface area contributed by atoms with E-state index in [2.05, 4.69) is 10.2 Å². The molecule has 0 radical (unpaired) electrons. The van der Waals surface area contributed by atoms with Crippen LogP contribution in [0.4, 0.5) is 4.79 Å². The Morgan fingerprint density at radius 2 is 2.17 bits per heavy atom. The number of hydrogen-bond donors (Lipinski definition) is 1. The van der Waals surface area contributed by atoms with E-state index in [1.165, 1.54) is 6.42 Å². The van der Waals surface area contributed by atoms with Crippen molar-refractivity contribution in [2.45, 2.75) is 38.3 Å². The van der Waals surface area contributed by atoms with Gasteiger partial charge in [0.15, 0.2) is 0 Å². The van der Waals surface area contributed by atoms with Gasteiger partial charge in [0.2, 0.25) is 5.91 Å². The Kier molecular flexibility index (Phi) is 4.45. The summed E-state index contributed by atoms with van der Waals surface area (Å²) < 4.78 is 0. The van der Waals surface area contributed by atoms with Crippen LogP contribution >= 0.6 is 11.6 Å². The third kappa shape index (κ3) is 2.95. The van der Waals surface area contributed by atoms with Crippen LogP contribution in [0.2, 0.25) is 0 Å². The van der Waals surface area contributed by atoms with Gasteiger partial charge in [-0.15, -0.1) is 11.6 Å². The van der Waals surface area contributed by atoms with Gasteiger partial charge in [-0.2, -0.15) is 0 Å². The van der Waals surface area contributed by atoms with Crippen molar-refractivity contribution >= 4 is 23.5 Å². The number of carbonyl (C=O) groups excluding carboxylic acids is 2. The number of fused-ring (bicyclic) bond motifs is 1. The fourth-order valence-electron chi connectivity index (χ4n) is 2.81. The Morgan fingerprint density at radius 1 is 1.39 bits per heavy atom. The monoisotopic (exact) mass is 273 g/mol. The molecule has 1 N–H and O–H groups in total. The van der Waals surface area contributed by atoms with E-state index in [0.717, 1.165) is 26.1 Å². The van der Waals surface area contributed by atoms with Crippen LogP contribution in [0, 0.1) is 0 Å². The smallest absolute Gasteiger partial charge is 0.319 e. The average molecular weight is 274 g/mol. The molecule has 102 valence electrons. The molecule has 18 heavy (non-hydrogen) atoms. The Bertz CT molecular complexity index is 337. The van der Waals surface area contributed by atoms with Crippen LogP contribution < -0.4 is 5.32 Å². The van der Waals surface area contributed by atoms with E-state index in [1.54, 1.807) is 4.90 Å². The standard InChI is InChI=1S/C12H20ClN3O2/c1-9-7-15-6-2-3-10(15)8-16(9)12(18)14-11(17)4-5-13/h9-10H,2-8H2,1H3,(H,14,17,18). The van der Waals surface area contributed by atoms with Crippen molar-refractivity contribution < 1.29 is 9.59 Å². The molecule has 0 aromatic rings. The first kappa shape index (κ1) is 13.6. The lowest BCUT2D eigenvalue weighted by atomic mass is 10.1. The predicted octanol–water partition coefficient (Wildman–Crippen LogP) is 1.02. The van der Waals surface area contributed by atoms with E-state index < -0.39 is 0 Å². The van der Waals surface area contributed by atoms with Gasteiger partial charge in [0.1, 0.15) is 0 Å². The molecule has 3 amide bonds. The number of hydrogen-bond acceptors (Lipinski definition) is 3. The molecule has 2 heterocycles. The predicted molar refractivity (Wildman–Crippen MR) is 69.6 cm³/mol. The molecular weight excluding hydrogens is 254 g/mol. The molecule has 0 spiro atoms. The van der Waals surface area contributed by atoms with Crippen LogP contribution in [0.1, 0.15) is 26.2 Å². The van der Waals surface area contributed by atoms with Crippen molar-refractivity contribution in [2.24, 2.45) is 0 Å². The molecular formula is C12H20ClN3O2. The SMILES string of the molecule is CC1CN2CCCC2CN1C(=O)NC(=O)CCCl. The third-order valence-corrected chi connectivity index (χ3v) is 3.96. The molecule has 2 fully saturated rings. The van der Waals surface area contributed by atoms with E-state index in [0.29, 0.717) is 6.04 Å². The Hall–Kier alpha value is -0.810. The summed E-state index contributed by atoms with van der Waals surface area (Å²) in [5.74, 6) is -0.0542. The minimum absolute atomic E-state index is 0.156. The Balaban J connectivity index is 1.91. The number of halogens is 1. The Labute approximate surface area is 112 Å². The zero-order chi connectivity index (χ0) is 13.1. The van der Waals surface area contributed by atoms with E-state index in [-0.39, 0.29) is 30.3 Å². The van der Waals surface area contributed by atoms with Gasteiger partial charge in [-0.05, 0) is 26.3 Å². The number of imide groups is 1. The summed E-state index contributed by atoms with van der Waals surface area (Å²) in [5.41, 5.74) is 0. The second-order valence-electron chi connectivity index (χ2n) is 5.08. The molecule has 2 rings (SSSR count). The number of nitrogens with one attached hydrogen (secondary N) is 1. The van der Waals surface area contributed by atoms with E-state index in [1.807, 2.05) is 6.92 Å². The quantitative estimate of drug-likeness (QED) is 0.765. The van der Waals surface area contributed by atoms with Crippen molar-refractivity contribution in [3.8, 4) is 0 Å². The van der Waals surface area contributed by atoms with Crippen LogP contribution in [0.3, 0.4) is 0 Å². The van der Waals surface area contributed by atoms with Gasteiger partial charge in [0.05, 0.1) is 0 Å². The number of piperazine rings is 1. The van der Waals surface area contributed by atoms with Gasteiger partial charge in [-0.1, -0.05) is 0 Å². The summed E-state index contributed by atoms with van der Waals surface area (Å²) >= 11 is 5.47. The van der Waals surface area contributed by atoms with E-state index in [9.17, 15) is 9.59 Å². The van der Waals surface area contributed by atoms with Gasteiger partial charge >= 0.3 is 6.03 Å². The summed E-state index contributed by atoms with van der Waals surface area (Å²) in [7, 11) is 0. The first-order chi connectivity index (χ1) is 8.61. The summed E-state index contributed by atoms with van der Waals surface area (Å²) in [6, 6.07) is 0.349. The van der Waals surface area contributed by atoms with Gasteiger partial charge in [-0.3, -0.25) is 15.0 Å².